The highest BCUT2D eigenvalue weighted by Gasteiger charge is 2.16. The molecule has 2 heterocycles. The van der Waals surface area contributed by atoms with E-state index in [1.54, 1.807) is 0 Å². The third-order valence-corrected chi connectivity index (χ3v) is 5.33. The van der Waals surface area contributed by atoms with Crippen LogP contribution in [-0.2, 0) is 19.5 Å². The fourth-order valence-electron chi connectivity index (χ4n) is 3.30. The normalized spacial score (nSPS) is 13.0. The van der Waals surface area contributed by atoms with Crippen LogP contribution in [0.1, 0.15) is 16.7 Å². The molecule has 0 atom stereocenters. The fraction of sp³-hybridized carbons (Fsp3) is 0.182. The van der Waals surface area contributed by atoms with Gasteiger partial charge in [-0.05, 0) is 59.6 Å². The third-order valence-electron chi connectivity index (χ3n) is 4.83. The Morgan fingerprint density at radius 1 is 1.04 bits per heavy atom. The number of hydrogen-bond donors (Lipinski definition) is 2. The van der Waals surface area contributed by atoms with Crippen molar-refractivity contribution >= 4 is 40.4 Å². The number of benzene rings is 2. The Morgan fingerprint density at radius 2 is 1.82 bits per heavy atom. The van der Waals surface area contributed by atoms with E-state index in [1.807, 2.05) is 42.6 Å². The number of pyridine rings is 1. The van der Waals surface area contributed by atoms with Crippen molar-refractivity contribution < 1.29 is 0 Å². The first-order valence-corrected chi connectivity index (χ1v) is 10.0. The Hall–Kier alpha value is -2.63. The molecular formula is C22H21ClN4S. The van der Waals surface area contributed by atoms with Crippen LogP contribution in [0.3, 0.4) is 0 Å². The lowest BCUT2D eigenvalue weighted by Crippen LogP contribution is -2.31. The summed E-state index contributed by atoms with van der Waals surface area (Å²) in [7, 11) is 0. The van der Waals surface area contributed by atoms with Crippen LogP contribution in [0.15, 0.2) is 66.9 Å². The van der Waals surface area contributed by atoms with Crippen LogP contribution >= 0.6 is 23.8 Å². The minimum Gasteiger partial charge on any atom is -0.358 e. The van der Waals surface area contributed by atoms with Crippen LogP contribution < -0.4 is 15.5 Å². The second kappa shape index (κ2) is 8.59. The van der Waals surface area contributed by atoms with E-state index in [0.717, 1.165) is 41.6 Å². The number of aromatic nitrogens is 1. The van der Waals surface area contributed by atoms with Crippen molar-refractivity contribution in [1.29, 1.82) is 0 Å². The average Bonchev–Trinajstić information content (AvgIpc) is 2.73. The molecule has 0 saturated carbocycles. The zero-order valence-corrected chi connectivity index (χ0v) is 16.9. The first kappa shape index (κ1) is 18.7. The molecule has 0 spiro atoms. The summed E-state index contributed by atoms with van der Waals surface area (Å²) in [5, 5.41) is 7.67. The van der Waals surface area contributed by atoms with Gasteiger partial charge in [0.25, 0.3) is 0 Å². The summed E-state index contributed by atoms with van der Waals surface area (Å²) < 4.78 is 0. The molecule has 0 unspecified atom stereocenters. The minimum atomic E-state index is 0.566. The average molecular weight is 409 g/mol. The second-order valence-electron chi connectivity index (χ2n) is 6.78. The number of anilines is 2. The maximum Gasteiger partial charge on any atom is 0.171 e. The Balaban J connectivity index is 1.32. The zero-order chi connectivity index (χ0) is 19.3. The van der Waals surface area contributed by atoms with E-state index in [4.69, 9.17) is 23.8 Å². The lowest BCUT2D eigenvalue weighted by atomic mass is 10.00. The van der Waals surface area contributed by atoms with Gasteiger partial charge in [-0.1, -0.05) is 48.0 Å². The highest BCUT2D eigenvalue weighted by Crippen LogP contribution is 2.23. The van der Waals surface area contributed by atoms with Crippen LogP contribution in [0.5, 0.6) is 0 Å². The highest BCUT2D eigenvalue weighted by molar-refractivity contribution is 7.80. The third kappa shape index (κ3) is 4.61. The zero-order valence-electron chi connectivity index (χ0n) is 15.4. The largest absolute Gasteiger partial charge is 0.358 e. The van der Waals surface area contributed by atoms with E-state index in [9.17, 15) is 0 Å². The van der Waals surface area contributed by atoms with E-state index in [2.05, 4.69) is 44.8 Å². The maximum atomic E-state index is 5.91. The van der Waals surface area contributed by atoms with Gasteiger partial charge in [0.1, 0.15) is 5.82 Å². The molecule has 0 radical (unpaired) electrons. The van der Waals surface area contributed by atoms with Crippen molar-refractivity contribution in [1.82, 2.24) is 10.3 Å². The quantitative estimate of drug-likeness (QED) is 0.608. The molecule has 0 bridgehead atoms. The van der Waals surface area contributed by atoms with E-state index >= 15 is 0 Å². The summed E-state index contributed by atoms with van der Waals surface area (Å²) in [5.41, 5.74) is 4.81. The van der Waals surface area contributed by atoms with Crippen molar-refractivity contribution in [2.24, 2.45) is 0 Å². The fourth-order valence-corrected chi connectivity index (χ4v) is 3.61. The minimum absolute atomic E-state index is 0.566. The maximum absolute atomic E-state index is 5.91. The number of thiocarbonyl (C=S) groups is 1. The summed E-state index contributed by atoms with van der Waals surface area (Å²) in [6.07, 6.45) is 2.88. The van der Waals surface area contributed by atoms with Crippen molar-refractivity contribution in [3.63, 3.8) is 0 Å². The Bertz CT molecular complexity index is 957. The molecule has 1 aromatic heterocycles. The smallest absolute Gasteiger partial charge is 0.171 e. The van der Waals surface area contributed by atoms with E-state index in [1.165, 1.54) is 11.1 Å². The van der Waals surface area contributed by atoms with Crippen molar-refractivity contribution in [2.75, 3.05) is 16.8 Å². The molecule has 28 heavy (non-hydrogen) atoms. The topological polar surface area (TPSA) is 40.2 Å². The Kier molecular flexibility index (Phi) is 5.74. The van der Waals surface area contributed by atoms with E-state index in [-0.39, 0.29) is 0 Å². The summed E-state index contributed by atoms with van der Waals surface area (Å²) in [5.74, 6) is 0.986. The Morgan fingerprint density at radius 3 is 2.57 bits per heavy atom. The number of halogens is 1. The van der Waals surface area contributed by atoms with Crippen molar-refractivity contribution in [2.45, 2.75) is 19.5 Å². The van der Waals surface area contributed by atoms with Gasteiger partial charge in [-0.15, -0.1) is 0 Å². The monoisotopic (exact) mass is 408 g/mol. The molecule has 2 N–H and O–H groups in total. The number of nitrogens with one attached hydrogen (secondary N) is 2. The number of rotatable bonds is 4. The van der Waals surface area contributed by atoms with Gasteiger partial charge in [-0.3, -0.25) is 0 Å². The van der Waals surface area contributed by atoms with E-state index < -0.39 is 0 Å². The van der Waals surface area contributed by atoms with Crippen LogP contribution in [-0.4, -0.2) is 16.6 Å². The number of nitrogens with zero attached hydrogens (tertiary/aromatic N) is 2. The summed E-state index contributed by atoms with van der Waals surface area (Å²) in [6, 6.07) is 20.4. The predicted octanol–water partition coefficient (Wildman–Crippen LogP) is 4.78. The molecule has 0 fully saturated rings. The van der Waals surface area contributed by atoms with Crippen LogP contribution in [0.25, 0.3) is 0 Å². The molecule has 1 aliphatic heterocycles. The first-order chi connectivity index (χ1) is 13.7. The molecule has 0 aliphatic carbocycles. The van der Waals surface area contributed by atoms with Crippen molar-refractivity contribution in [3.05, 3.63) is 88.6 Å². The van der Waals surface area contributed by atoms with Crippen molar-refractivity contribution in [3.8, 4) is 0 Å². The summed E-state index contributed by atoms with van der Waals surface area (Å²) in [4.78, 5) is 6.93. The van der Waals surface area contributed by atoms with Crippen LogP contribution in [0.4, 0.5) is 11.5 Å². The molecule has 1 aliphatic rings. The van der Waals surface area contributed by atoms with Gasteiger partial charge in [0.2, 0.25) is 0 Å². The van der Waals surface area contributed by atoms with Gasteiger partial charge >= 0.3 is 0 Å². The van der Waals surface area contributed by atoms with Gasteiger partial charge in [0, 0.05) is 24.7 Å². The predicted molar refractivity (Wildman–Crippen MR) is 120 cm³/mol. The molecular weight excluding hydrogens is 388 g/mol. The standard InChI is InChI=1S/C22H21ClN4S/c23-19-7-5-16(6-8-19)13-25-22(28)26-20-9-10-21(24-14-20)27-12-11-17-3-1-2-4-18(17)15-27/h1-10,14H,11-13,15H2,(H2,25,26,28). The first-order valence-electron chi connectivity index (χ1n) is 9.24. The summed E-state index contributed by atoms with van der Waals surface area (Å²) in [6.45, 7) is 2.52. The molecule has 4 nitrogen and oxygen atoms in total. The number of hydrogen-bond acceptors (Lipinski definition) is 3. The molecule has 142 valence electrons. The molecule has 2 aromatic carbocycles. The molecule has 0 amide bonds. The highest BCUT2D eigenvalue weighted by atomic mass is 35.5. The number of fused-ring (bicyclic) bond motifs is 1. The van der Waals surface area contributed by atoms with Crippen LogP contribution in [0.2, 0.25) is 5.02 Å². The van der Waals surface area contributed by atoms with Gasteiger partial charge < -0.3 is 15.5 Å². The second-order valence-corrected chi connectivity index (χ2v) is 7.62. The summed E-state index contributed by atoms with van der Waals surface area (Å²) >= 11 is 11.3. The van der Waals surface area contributed by atoms with Gasteiger partial charge in [0.15, 0.2) is 5.11 Å². The lowest BCUT2D eigenvalue weighted by molar-refractivity contribution is 0.721. The van der Waals surface area contributed by atoms with Crippen LogP contribution in [0, 0.1) is 0 Å². The van der Waals surface area contributed by atoms with Gasteiger partial charge in [-0.25, -0.2) is 4.98 Å². The molecule has 6 heteroatoms. The Labute approximate surface area is 175 Å². The molecule has 0 saturated heterocycles. The molecule has 4 rings (SSSR count). The lowest BCUT2D eigenvalue weighted by Gasteiger charge is -2.29. The SMILES string of the molecule is S=C(NCc1ccc(Cl)cc1)Nc1ccc(N2CCc3ccccc3C2)nc1. The molecule has 3 aromatic rings. The van der Waals surface area contributed by atoms with Gasteiger partial charge in [0.05, 0.1) is 11.9 Å². The van der Waals surface area contributed by atoms with E-state index in [0.29, 0.717) is 11.7 Å². The van der Waals surface area contributed by atoms with Gasteiger partial charge in [-0.2, -0.15) is 0 Å².